The zero-order chi connectivity index (χ0) is 29.9. The van der Waals surface area contributed by atoms with E-state index in [0.29, 0.717) is 37.6 Å². The minimum Gasteiger partial charge on any atom is -0.492 e. The van der Waals surface area contributed by atoms with Crippen LogP contribution in [0.4, 0.5) is 5.69 Å². The number of benzene rings is 3. The molecule has 2 aliphatic rings. The van der Waals surface area contributed by atoms with Crippen molar-refractivity contribution in [3.63, 3.8) is 0 Å². The highest BCUT2D eigenvalue weighted by molar-refractivity contribution is 7.96. The number of nitrogens with zero attached hydrogens (tertiary/aromatic N) is 2. The second-order valence-electron chi connectivity index (χ2n) is 10.6. The molecule has 0 N–H and O–H groups in total. The van der Waals surface area contributed by atoms with Crippen molar-refractivity contribution < 1.29 is 26.4 Å². The fourth-order valence-corrected chi connectivity index (χ4v) is 10.2. The lowest BCUT2D eigenvalue weighted by atomic mass is 10.0. The first-order chi connectivity index (χ1) is 20.1. The molecule has 1 amide bonds. The van der Waals surface area contributed by atoms with E-state index in [-0.39, 0.29) is 39.2 Å². The molecule has 0 saturated carbocycles. The van der Waals surface area contributed by atoms with E-state index in [2.05, 4.69) is 11.8 Å². The maximum atomic E-state index is 14.0. The number of piperazine rings is 1. The number of ether oxygens (including phenoxy) is 1. The molecule has 11 heteroatoms. The van der Waals surface area contributed by atoms with E-state index >= 15 is 0 Å². The quantitative estimate of drug-likeness (QED) is 0.270. The average molecular weight is 631 g/mol. The number of halogens is 1. The van der Waals surface area contributed by atoms with Crippen LogP contribution in [0.15, 0.2) is 76.5 Å². The molecule has 2 aliphatic heterocycles. The molecule has 224 valence electrons. The molecule has 0 spiro atoms. The Morgan fingerprint density at radius 1 is 0.929 bits per heavy atom. The summed E-state index contributed by atoms with van der Waals surface area (Å²) in [5.41, 5.74) is 1.15. The molecule has 1 saturated heterocycles. The third-order valence-corrected chi connectivity index (χ3v) is 12.3. The van der Waals surface area contributed by atoms with Gasteiger partial charge in [-0.15, -0.1) is 0 Å². The number of amides is 1. The smallest absolute Gasteiger partial charge is 0.257 e. The van der Waals surface area contributed by atoms with Gasteiger partial charge in [-0.25, -0.2) is 16.8 Å². The summed E-state index contributed by atoms with van der Waals surface area (Å²) in [5.74, 6) is -0.853. The van der Waals surface area contributed by atoms with Crippen LogP contribution in [0, 0.1) is 0 Å². The van der Waals surface area contributed by atoms with Gasteiger partial charge in [0.25, 0.3) is 5.91 Å². The first-order valence-electron chi connectivity index (χ1n) is 14.3. The Hall–Kier alpha value is -3.08. The van der Waals surface area contributed by atoms with Gasteiger partial charge in [0.2, 0.25) is 0 Å². The number of fused-ring (bicyclic) bond motifs is 1. The summed E-state index contributed by atoms with van der Waals surface area (Å²) in [7, 11) is -8.02. The first-order valence-corrected chi connectivity index (χ1v) is 17.8. The molecule has 1 fully saturated rings. The maximum Gasteiger partial charge on any atom is 0.257 e. The summed E-state index contributed by atoms with van der Waals surface area (Å²) in [6.45, 7) is 4.30. The Kier molecular flexibility index (Phi) is 9.15. The van der Waals surface area contributed by atoms with E-state index in [9.17, 15) is 21.6 Å². The first kappa shape index (κ1) is 30.4. The van der Waals surface area contributed by atoms with E-state index in [1.807, 2.05) is 24.3 Å². The summed E-state index contributed by atoms with van der Waals surface area (Å²) in [6, 6.07) is 18.2. The van der Waals surface area contributed by atoms with Crippen LogP contribution in [-0.4, -0.2) is 66.2 Å². The molecule has 8 nitrogen and oxygen atoms in total. The number of anilines is 1. The molecule has 2 heterocycles. The largest absolute Gasteiger partial charge is 0.492 e. The van der Waals surface area contributed by atoms with E-state index in [1.165, 1.54) is 24.3 Å². The van der Waals surface area contributed by atoms with E-state index in [0.717, 1.165) is 24.9 Å². The number of carbonyl (C=O) groups is 1. The van der Waals surface area contributed by atoms with Gasteiger partial charge in [-0.1, -0.05) is 68.1 Å². The number of hydrogen-bond acceptors (Lipinski definition) is 7. The van der Waals surface area contributed by atoms with Gasteiger partial charge in [0.05, 0.1) is 38.4 Å². The zero-order valence-electron chi connectivity index (χ0n) is 23.5. The Bertz CT molecular complexity index is 1650. The molecule has 0 aromatic heterocycles. The zero-order valence-corrected chi connectivity index (χ0v) is 25.9. The summed E-state index contributed by atoms with van der Waals surface area (Å²) in [5, 5.41) is -0.739. The molecule has 0 aliphatic carbocycles. The Morgan fingerprint density at radius 3 is 2.31 bits per heavy atom. The minimum atomic E-state index is -4.10. The Balaban J connectivity index is 1.50. The lowest BCUT2D eigenvalue weighted by Gasteiger charge is -2.36. The molecule has 1 unspecified atom stereocenters. The van der Waals surface area contributed by atoms with Crippen molar-refractivity contribution in [1.82, 2.24) is 4.90 Å². The molecular weight excluding hydrogens is 596 g/mol. The fourth-order valence-electron chi connectivity index (χ4n) is 5.61. The molecule has 1 atom stereocenters. The third kappa shape index (κ3) is 6.02. The van der Waals surface area contributed by atoms with Crippen LogP contribution in [-0.2, 0) is 19.7 Å². The van der Waals surface area contributed by atoms with Crippen molar-refractivity contribution in [2.45, 2.75) is 47.6 Å². The predicted molar refractivity (Wildman–Crippen MR) is 164 cm³/mol. The second-order valence-corrected chi connectivity index (χ2v) is 15.2. The summed E-state index contributed by atoms with van der Waals surface area (Å²) in [6.07, 6.45) is 3.64. The van der Waals surface area contributed by atoms with Gasteiger partial charge in [-0.3, -0.25) is 4.79 Å². The van der Waals surface area contributed by atoms with E-state index in [4.69, 9.17) is 16.3 Å². The molecule has 0 radical (unpaired) electrons. The van der Waals surface area contributed by atoms with Crippen molar-refractivity contribution in [3.8, 4) is 5.75 Å². The molecule has 5 rings (SSSR count). The number of unbranched alkanes of at least 4 members (excludes halogenated alkanes) is 3. The highest BCUT2D eigenvalue weighted by Gasteiger charge is 2.46. The molecular formula is C31H35ClN2O6S2. The van der Waals surface area contributed by atoms with Gasteiger partial charge in [0.15, 0.2) is 19.7 Å². The third-order valence-electron chi connectivity index (χ3n) is 7.86. The van der Waals surface area contributed by atoms with E-state index in [1.54, 1.807) is 23.1 Å². The van der Waals surface area contributed by atoms with Crippen LogP contribution in [0.5, 0.6) is 5.75 Å². The van der Waals surface area contributed by atoms with Crippen molar-refractivity contribution >= 4 is 42.9 Å². The lowest BCUT2D eigenvalue weighted by Crippen LogP contribution is -2.49. The van der Waals surface area contributed by atoms with E-state index < -0.39 is 30.7 Å². The van der Waals surface area contributed by atoms with Crippen LogP contribution in [0.2, 0.25) is 5.02 Å². The molecule has 3 aromatic rings. The van der Waals surface area contributed by atoms with Gasteiger partial charge in [0.1, 0.15) is 11.0 Å². The fraction of sp³-hybridized carbons (Fsp3) is 0.387. The number of carbonyl (C=O) groups excluding carboxylic acids is 1. The number of para-hydroxylation sites is 1. The van der Waals surface area contributed by atoms with Crippen LogP contribution in [0.25, 0.3) is 0 Å². The van der Waals surface area contributed by atoms with Gasteiger partial charge < -0.3 is 14.5 Å². The Labute approximate surface area is 253 Å². The standard InChI is InChI=1S/C31H35ClN2O6S2/c1-2-3-4-10-21-40-30-24(31(35)34-19-17-33(18-20-34)26-14-9-8-13-25(26)32)15-16-27-29(30)28(22-41(27,36)37)42(38,39)23-11-6-5-7-12-23/h5-9,11-16,28H,2-4,10,17-22H2,1H3. The van der Waals surface area contributed by atoms with Crippen LogP contribution >= 0.6 is 11.6 Å². The summed E-state index contributed by atoms with van der Waals surface area (Å²) in [4.78, 5) is 17.7. The summed E-state index contributed by atoms with van der Waals surface area (Å²) < 4.78 is 60.3. The van der Waals surface area contributed by atoms with Gasteiger partial charge in [-0.2, -0.15) is 0 Å². The van der Waals surface area contributed by atoms with Crippen LogP contribution in [0.3, 0.4) is 0 Å². The SMILES string of the molecule is CCCCCCOc1c(C(=O)N2CCN(c3ccccc3Cl)CC2)ccc2c1C(S(=O)(=O)c1ccccc1)CS2(=O)=O. The number of hydrogen-bond donors (Lipinski definition) is 0. The summed E-state index contributed by atoms with van der Waals surface area (Å²) >= 11 is 6.39. The van der Waals surface area contributed by atoms with Crippen molar-refractivity contribution in [3.05, 3.63) is 82.9 Å². The maximum absolute atomic E-state index is 14.0. The highest BCUT2D eigenvalue weighted by atomic mass is 35.5. The minimum absolute atomic E-state index is 0.0272. The predicted octanol–water partition coefficient (Wildman–Crippen LogP) is 5.56. The highest BCUT2D eigenvalue weighted by Crippen LogP contribution is 2.47. The van der Waals surface area contributed by atoms with Crippen LogP contribution in [0.1, 0.15) is 53.8 Å². The van der Waals surface area contributed by atoms with Crippen molar-refractivity contribution in [2.24, 2.45) is 0 Å². The van der Waals surface area contributed by atoms with Gasteiger partial charge >= 0.3 is 0 Å². The van der Waals surface area contributed by atoms with Crippen molar-refractivity contribution in [2.75, 3.05) is 43.4 Å². The lowest BCUT2D eigenvalue weighted by molar-refractivity contribution is 0.0741. The number of sulfone groups is 2. The number of rotatable bonds is 10. The van der Waals surface area contributed by atoms with Gasteiger partial charge in [-0.05, 0) is 42.8 Å². The molecule has 0 bridgehead atoms. The second kappa shape index (κ2) is 12.7. The monoisotopic (exact) mass is 630 g/mol. The van der Waals surface area contributed by atoms with Crippen molar-refractivity contribution in [1.29, 1.82) is 0 Å². The molecule has 42 heavy (non-hydrogen) atoms. The topological polar surface area (TPSA) is 101 Å². The normalized spacial score (nSPS) is 18.1. The Morgan fingerprint density at radius 2 is 1.62 bits per heavy atom. The molecule has 3 aromatic carbocycles. The average Bonchev–Trinajstić information content (AvgIpc) is 3.29. The van der Waals surface area contributed by atoms with Crippen LogP contribution < -0.4 is 9.64 Å². The van der Waals surface area contributed by atoms with Gasteiger partial charge in [0, 0.05) is 31.7 Å².